The summed E-state index contributed by atoms with van der Waals surface area (Å²) in [6.45, 7) is 1.72. The van der Waals surface area contributed by atoms with Crippen LogP contribution in [0.5, 0.6) is 0 Å². The van der Waals surface area contributed by atoms with Crippen molar-refractivity contribution in [1.29, 1.82) is 0 Å². The SMILES string of the molecule is CC(N)C(=O)c1cc2c([nH]1)CCCC2. The lowest BCUT2D eigenvalue weighted by Crippen LogP contribution is -2.26. The molecule has 1 unspecified atom stereocenters. The molecular weight excluding hydrogens is 176 g/mol. The number of rotatable bonds is 2. The molecule has 0 saturated heterocycles. The van der Waals surface area contributed by atoms with Crippen molar-refractivity contribution in [3.05, 3.63) is 23.0 Å². The van der Waals surface area contributed by atoms with Gasteiger partial charge in [0.1, 0.15) is 0 Å². The Morgan fingerprint density at radius 1 is 1.50 bits per heavy atom. The van der Waals surface area contributed by atoms with Gasteiger partial charge in [-0.25, -0.2) is 0 Å². The number of H-pyrrole nitrogens is 1. The summed E-state index contributed by atoms with van der Waals surface area (Å²) < 4.78 is 0. The van der Waals surface area contributed by atoms with E-state index in [9.17, 15) is 4.79 Å². The summed E-state index contributed by atoms with van der Waals surface area (Å²) >= 11 is 0. The van der Waals surface area contributed by atoms with Gasteiger partial charge in [0.15, 0.2) is 5.78 Å². The summed E-state index contributed by atoms with van der Waals surface area (Å²) in [6, 6.07) is 1.57. The van der Waals surface area contributed by atoms with E-state index in [0.29, 0.717) is 5.69 Å². The van der Waals surface area contributed by atoms with Crippen LogP contribution in [0.3, 0.4) is 0 Å². The molecule has 0 radical (unpaired) electrons. The van der Waals surface area contributed by atoms with Gasteiger partial charge in [-0.15, -0.1) is 0 Å². The van der Waals surface area contributed by atoms with E-state index in [2.05, 4.69) is 4.98 Å². The molecule has 76 valence electrons. The van der Waals surface area contributed by atoms with Gasteiger partial charge < -0.3 is 10.7 Å². The van der Waals surface area contributed by atoms with Gasteiger partial charge in [-0.05, 0) is 44.2 Å². The summed E-state index contributed by atoms with van der Waals surface area (Å²) in [4.78, 5) is 14.8. The fourth-order valence-electron chi connectivity index (χ4n) is 1.98. The van der Waals surface area contributed by atoms with Crippen LogP contribution in [-0.2, 0) is 12.8 Å². The highest BCUT2D eigenvalue weighted by atomic mass is 16.1. The van der Waals surface area contributed by atoms with E-state index in [1.54, 1.807) is 6.92 Å². The van der Waals surface area contributed by atoms with E-state index in [0.717, 1.165) is 12.8 Å². The summed E-state index contributed by atoms with van der Waals surface area (Å²) in [5, 5.41) is 0. The predicted molar refractivity (Wildman–Crippen MR) is 55.4 cm³/mol. The molecule has 1 atom stereocenters. The maximum Gasteiger partial charge on any atom is 0.195 e. The lowest BCUT2D eigenvalue weighted by Gasteiger charge is -2.08. The van der Waals surface area contributed by atoms with Gasteiger partial charge in [0.25, 0.3) is 0 Å². The Hall–Kier alpha value is -1.09. The van der Waals surface area contributed by atoms with E-state index >= 15 is 0 Å². The van der Waals surface area contributed by atoms with Crippen LogP contribution >= 0.6 is 0 Å². The molecule has 3 heteroatoms. The van der Waals surface area contributed by atoms with E-state index < -0.39 is 6.04 Å². The second-order valence-electron chi connectivity index (χ2n) is 4.05. The Labute approximate surface area is 83.7 Å². The minimum absolute atomic E-state index is 0.0133. The molecule has 1 heterocycles. The standard InChI is InChI=1S/C11H16N2O/c1-7(12)11(14)10-6-8-4-2-3-5-9(8)13-10/h6-7,13H,2-5,12H2,1H3. The molecule has 0 aliphatic heterocycles. The van der Waals surface area contributed by atoms with Crippen LogP contribution in [0.2, 0.25) is 0 Å². The van der Waals surface area contributed by atoms with Gasteiger partial charge in [-0.1, -0.05) is 0 Å². The topological polar surface area (TPSA) is 58.9 Å². The summed E-state index contributed by atoms with van der Waals surface area (Å²) in [7, 11) is 0. The number of hydrogen-bond acceptors (Lipinski definition) is 2. The lowest BCUT2D eigenvalue weighted by molar-refractivity contribution is 0.0963. The van der Waals surface area contributed by atoms with Gasteiger partial charge in [0, 0.05) is 5.69 Å². The van der Waals surface area contributed by atoms with Crippen molar-refractivity contribution in [2.45, 2.75) is 38.6 Å². The van der Waals surface area contributed by atoms with Crippen molar-refractivity contribution in [3.63, 3.8) is 0 Å². The fraction of sp³-hybridized carbons (Fsp3) is 0.545. The quantitative estimate of drug-likeness (QED) is 0.696. The number of aryl methyl sites for hydroxylation is 2. The van der Waals surface area contributed by atoms with Crippen molar-refractivity contribution in [2.24, 2.45) is 5.73 Å². The Bertz CT molecular complexity index is 329. The van der Waals surface area contributed by atoms with Gasteiger partial charge in [-0.2, -0.15) is 0 Å². The molecule has 14 heavy (non-hydrogen) atoms. The molecule has 0 amide bonds. The lowest BCUT2D eigenvalue weighted by atomic mass is 9.98. The molecule has 0 bridgehead atoms. The first kappa shape index (κ1) is 9.46. The Kier molecular flexibility index (Phi) is 2.42. The number of aromatic amines is 1. The molecule has 3 N–H and O–H groups in total. The molecule has 1 aliphatic rings. The zero-order valence-corrected chi connectivity index (χ0v) is 8.47. The van der Waals surface area contributed by atoms with Gasteiger partial charge >= 0.3 is 0 Å². The Morgan fingerprint density at radius 2 is 2.21 bits per heavy atom. The van der Waals surface area contributed by atoms with Crippen LogP contribution in [-0.4, -0.2) is 16.8 Å². The molecule has 0 fully saturated rings. The second-order valence-corrected chi connectivity index (χ2v) is 4.05. The van der Waals surface area contributed by atoms with E-state index in [1.165, 1.54) is 24.1 Å². The maximum atomic E-state index is 11.6. The summed E-state index contributed by atoms with van der Waals surface area (Å²) in [5.41, 5.74) is 8.79. The average Bonchev–Trinajstić information content (AvgIpc) is 2.59. The highest BCUT2D eigenvalue weighted by Crippen LogP contribution is 2.21. The van der Waals surface area contributed by atoms with Crippen molar-refractivity contribution < 1.29 is 4.79 Å². The van der Waals surface area contributed by atoms with Gasteiger partial charge in [-0.3, -0.25) is 4.79 Å². The number of hydrogen-bond donors (Lipinski definition) is 2. The molecule has 1 aromatic heterocycles. The number of fused-ring (bicyclic) bond motifs is 1. The number of nitrogens with one attached hydrogen (secondary N) is 1. The minimum Gasteiger partial charge on any atom is -0.356 e. The highest BCUT2D eigenvalue weighted by molar-refractivity contribution is 5.98. The number of ketones is 1. The van der Waals surface area contributed by atoms with Gasteiger partial charge in [0.2, 0.25) is 0 Å². The number of carbonyl (C=O) groups is 1. The molecule has 0 aromatic carbocycles. The zero-order chi connectivity index (χ0) is 10.1. The number of carbonyl (C=O) groups excluding carboxylic acids is 1. The minimum atomic E-state index is -0.407. The van der Waals surface area contributed by atoms with E-state index in [1.807, 2.05) is 6.07 Å². The zero-order valence-electron chi connectivity index (χ0n) is 8.47. The molecule has 3 nitrogen and oxygen atoms in total. The fourth-order valence-corrected chi connectivity index (χ4v) is 1.98. The van der Waals surface area contributed by atoms with Crippen molar-refractivity contribution in [2.75, 3.05) is 0 Å². The first-order chi connectivity index (χ1) is 6.68. The first-order valence-electron chi connectivity index (χ1n) is 5.19. The normalized spacial score (nSPS) is 17.6. The number of nitrogens with two attached hydrogens (primary N) is 1. The largest absolute Gasteiger partial charge is 0.356 e. The van der Waals surface area contributed by atoms with Crippen LogP contribution in [0.25, 0.3) is 0 Å². The van der Waals surface area contributed by atoms with E-state index in [-0.39, 0.29) is 5.78 Å². The van der Waals surface area contributed by atoms with Crippen LogP contribution in [0.1, 0.15) is 41.5 Å². The maximum absolute atomic E-state index is 11.6. The van der Waals surface area contributed by atoms with Crippen LogP contribution in [0.15, 0.2) is 6.07 Å². The molecule has 1 aromatic rings. The van der Waals surface area contributed by atoms with Crippen LogP contribution in [0.4, 0.5) is 0 Å². The smallest absolute Gasteiger partial charge is 0.195 e. The van der Waals surface area contributed by atoms with Crippen LogP contribution < -0.4 is 5.73 Å². The number of Topliss-reactive ketones (excluding diaryl/α,β-unsaturated/α-hetero) is 1. The monoisotopic (exact) mass is 192 g/mol. The average molecular weight is 192 g/mol. The molecule has 0 spiro atoms. The third-order valence-corrected chi connectivity index (χ3v) is 2.79. The molecule has 1 aliphatic carbocycles. The molecule has 2 rings (SSSR count). The molecule has 0 saturated carbocycles. The number of aromatic nitrogens is 1. The van der Waals surface area contributed by atoms with E-state index in [4.69, 9.17) is 5.73 Å². The van der Waals surface area contributed by atoms with Crippen LogP contribution in [0, 0.1) is 0 Å². The second kappa shape index (κ2) is 3.58. The Balaban J connectivity index is 2.28. The molecular formula is C11H16N2O. The predicted octanol–water partition coefficient (Wildman–Crippen LogP) is 1.42. The van der Waals surface area contributed by atoms with Crippen molar-refractivity contribution in [3.8, 4) is 0 Å². The van der Waals surface area contributed by atoms with Crippen molar-refractivity contribution in [1.82, 2.24) is 4.98 Å². The van der Waals surface area contributed by atoms with Gasteiger partial charge in [0.05, 0.1) is 11.7 Å². The Morgan fingerprint density at radius 3 is 2.86 bits per heavy atom. The summed E-state index contributed by atoms with van der Waals surface area (Å²) in [6.07, 6.45) is 4.62. The van der Waals surface area contributed by atoms with Crippen molar-refractivity contribution >= 4 is 5.78 Å². The third kappa shape index (κ3) is 1.60. The first-order valence-corrected chi connectivity index (χ1v) is 5.19. The third-order valence-electron chi connectivity index (χ3n) is 2.79. The summed E-state index contributed by atoms with van der Waals surface area (Å²) in [5.74, 6) is 0.0133. The highest BCUT2D eigenvalue weighted by Gasteiger charge is 2.18.